The number of hydrogen-bond acceptors (Lipinski definition) is 3. The summed E-state index contributed by atoms with van der Waals surface area (Å²) in [5, 5.41) is 8.76. The first-order valence-corrected chi connectivity index (χ1v) is 7.13. The van der Waals surface area contributed by atoms with Crippen LogP contribution in [0.25, 0.3) is 0 Å². The van der Waals surface area contributed by atoms with Crippen LogP contribution in [0.5, 0.6) is 0 Å². The van der Waals surface area contributed by atoms with Gasteiger partial charge in [-0.2, -0.15) is 0 Å². The topological polar surface area (TPSA) is 49.8 Å². The fraction of sp³-hybridized carbons (Fsp3) is 0.562. The van der Waals surface area contributed by atoms with Gasteiger partial charge in [-0.1, -0.05) is 31.2 Å². The summed E-state index contributed by atoms with van der Waals surface area (Å²) in [6.07, 6.45) is 1.57. The van der Waals surface area contributed by atoms with Crippen LogP contribution < -0.4 is 0 Å². The van der Waals surface area contributed by atoms with Crippen molar-refractivity contribution < 1.29 is 14.6 Å². The van der Waals surface area contributed by atoms with Crippen LogP contribution in [0.1, 0.15) is 24.5 Å². The van der Waals surface area contributed by atoms with Crippen LogP contribution in [0.2, 0.25) is 0 Å². The summed E-state index contributed by atoms with van der Waals surface area (Å²) in [7, 11) is 1.78. The maximum Gasteiger partial charge on any atom is 0.307 e. The highest BCUT2D eigenvalue weighted by atomic mass is 16.5. The number of hydrogen-bond donors (Lipinski definition) is 1. The Hall–Kier alpha value is -1.39. The van der Waals surface area contributed by atoms with Gasteiger partial charge in [0.15, 0.2) is 0 Å². The number of aliphatic carboxylic acids is 1. The zero-order valence-corrected chi connectivity index (χ0v) is 12.2. The van der Waals surface area contributed by atoms with E-state index < -0.39 is 5.97 Å². The number of rotatable bonds is 5. The summed E-state index contributed by atoms with van der Waals surface area (Å²) in [6.45, 7) is 5.21. The van der Waals surface area contributed by atoms with Crippen molar-refractivity contribution in [3.8, 4) is 0 Å². The van der Waals surface area contributed by atoms with Crippen molar-refractivity contribution in [3.63, 3.8) is 0 Å². The molecule has 4 nitrogen and oxygen atoms in total. The molecule has 0 radical (unpaired) electrons. The Morgan fingerprint density at radius 3 is 2.60 bits per heavy atom. The molecule has 1 aromatic carbocycles. The average Bonchev–Trinajstić information content (AvgIpc) is 2.42. The van der Waals surface area contributed by atoms with Gasteiger partial charge in [-0.25, -0.2) is 0 Å². The molecule has 0 bridgehead atoms. The fourth-order valence-electron chi connectivity index (χ4n) is 2.74. The molecule has 1 heterocycles. The standard InChI is InChI=1S/C16H23NO3/c1-12-7-8-17(11-15(12)20-2)10-14-5-3-13(4-6-14)9-16(18)19/h3-6,12,15H,7-11H2,1-2H3,(H,18,19). The highest BCUT2D eigenvalue weighted by Crippen LogP contribution is 2.21. The first-order chi connectivity index (χ1) is 9.58. The summed E-state index contributed by atoms with van der Waals surface area (Å²) in [5.41, 5.74) is 2.08. The smallest absolute Gasteiger partial charge is 0.307 e. The van der Waals surface area contributed by atoms with Crippen molar-refractivity contribution in [1.82, 2.24) is 4.90 Å². The van der Waals surface area contributed by atoms with Gasteiger partial charge in [-0.3, -0.25) is 9.69 Å². The molecule has 2 rings (SSSR count). The number of piperidine rings is 1. The molecule has 2 unspecified atom stereocenters. The second-order valence-corrected chi connectivity index (χ2v) is 5.66. The normalized spacial score (nSPS) is 23.7. The monoisotopic (exact) mass is 277 g/mol. The largest absolute Gasteiger partial charge is 0.481 e. The minimum Gasteiger partial charge on any atom is -0.481 e. The van der Waals surface area contributed by atoms with Crippen molar-refractivity contribution in [2.45, 2.75) is 32.4 Å². The van der Waals surface area contributed by atoms with Crippen LogP contribution in [-0.2, 0) is 22.5 Å². The Morgan fingerprint density at radius 1 is 1.35 bits per heavy atom. The third-order valence-electron chi connectivity index (χ3n) is 4.06. The van der Waals surface area contributed by atoms with E-state index in [9.17, 15) is 4.79 Å². The highest BCUT2D eigenvalue weighted by molar-refractivity contribution is 5.70. The van der Waals surface area contributed by atoms with E-state index in [1.54, 1.807) is 7.11 Å². The Kier molecular flexibility index (Phi) is 5.15. The molecule has 4 heteroatoms. The van der Waals surface area contributed by atoms with Crippen LogP contribution in [-0.4, -0.2) is 42.3 Å². The number of nitrogens with zero attached hydrogens (tertiary/aromatic N) is 1. The highest BCUT2D eigenvalue weighted by Gasteiger charge is 2.25. The minimum absolute atomic E-state index is 0.0905. The van der Waals surface area contributed by atoms with Gasteiger partial charge in [0.1, 0.15) is 0 Å². The van der Waals surface area contributed by atoms with Gasteiger partial charge in [0.05, 0.1) is 12.5 Å². The molecule has 1 aromatic rings. The molecule has 2 atom stereocenters. The first-order valence-electron chi connectivity index (χ1n) is 7.13. The zero-order valence-electron chi connectivity index (χ0n) is 12.2. The molecule has 0 aromatic heterocycles. The summed E-state index contributed by atoms with van der Waals surface area (Å²) in [5.74, 6) is -0.167. The number of carbonyl (C=O) groups is 1. The lowest BCUT2D eigenvalue weighted by molar-refractivity contribution is -0.136. The lowest BCUT2D eigenvalue weighted by Crippen LogP contribution is -2.43. The van der Waals surface area contributed by atoms with Crippen molar-refractivity contribution >= 4 is 5.97 Å². The van der Waals surface area contributed by atoms with Crippen LogP contribution in [0, 0.1) is 5.92 Å². The van der Waals surface area contributed by atoms with E-state index in [2.05, 4.69) is 11.8 Å². The third-order valence-corrected chi connectivity index (χ3v) is 4.06. The van der Waals surface area contributed by atoms with Gasteiger partial charge >= 0.3 is 5.97 Å². The van der Waals surface area contributed by atoms with E-state index in [1.807, 2.05) is 24.3 Å². The molecule has 0 amide bonds. The summed E-state index contributed by atoms with van der Waals surface area (Å²) < 4.78 is 5.53. The van der Waals surface area contributed by atoms with E-state index in [0.29, 0.717) is 12.0 Å². The quantitative estimate of drug-likeness (QED) is 0.896. The number of benzene rings is 1. The third kappa shape index (κ3) is 4.05. The summed E-state index contributed by atoms with van der Waals surface area (Å²) in [4.78, 5) is 13.1. The lowest BCUT2D eigenvalue weighted by atomic mass is 9.95. The number of ether oxygens (including phenoxy) is 1. The Labute approximate surface area is 120 Å². The van der Waals surface area contributed by atoms with Crippen molar-refractivity contribution in [3.05, 3.63) is 35.4 Å². The van der Waals surface area contributed by atoms with Gasteiger partial charge in [0.2, 0.25) is 0 Å². The van der Waals surface area contributed by atoms with E-state index in [1.165, 1.54) is 5.56 Å². The van der Waals surface area contributed by atoms with Gasteiger partial charge in [-0.05, 0) is 30.0 Å². The van der Waals surface area contributed by atoms with Gasteiger partial charge < -0.3 is 9.84 Å². The van der Waals surface area contributed by atoms with E-state index in [-0.39, 0.29) is 6.42 Å². The zero-order chi connectivity index (χ0) is 14.5. The molecule has 1 aliphatic rings. The molecule has 1 saturated heterocycles. The van der Waals surface area contributed by atoms with Crippen molar-refractivity contribution in [2.75, 3.05) is 20.2 Å². The first kappa shape index (κ1) is 15.0. The second kappa shape index (κ2) is 6.86. The van der Waals surface area contributed by atoms with Gasteiger partial charge in [0.25, 0.3) is 0 Å². The average molecular weight is 277 g/mol. The summed E-state index contributed by atoms with van der Waals surface area (Å²) in [6, 6.07) is 7.86. The molecule has 1 fully saturated rings. The molecule has 0 aliphatic carbocycles. The van der Waals surface area contributed by atoms with Crippen LogP contribution in [0.4, 0.5) is 0 Å². The van der Waals surface area contributed by atoms with Gasteiger partial charge in [0, 0.05) is 20.2 Å². The molecule has 0 saturated carbocycles. The Balaban J connectivity index is 1.91. The number of likely N-dealkylation sites (tertiary alicyclic amines) is 1. The van der Waals surface area contributed by atoms with E-state index >= 15 is 0 Å². The van der Waals surface area contributed by atoms with Crippen molar-refractivity contribution in [1.29, 1.82) is 0 Å². The predicted octanol–water partition coefficient (Wildman–Crippen LogP) is 2.17. The Morgan fingerprint density at radius 2 is 2.00 bits per heavy atom. The second-order valence-electron chi connectivity index (χ2n) is 5.66. The minimum atomic E-state index is -0.786. The van der Waals surface area contributed by atoms with E-state index in [0.717, 1.165) is 31.6 Å². The van der Waals surface area contributed by atoms with Crippen LogP contribution in [0.15, 0.2) is 24.3 Å². The fourth-order valence-corrected chi connectivity index (χ4v) is 2.74. The molecule has 1 aliphatic heterocycles. The van der Waals surface area contributed by atoms with Crippen LogP contribution in [0.3, 0.4) is 0 Å². The molecule has 20 heavy (non-hydrogen) atoms. The van der Waals surface area contributed by atoms with E-state index in [4.69, 9.17) is 9.84 Å². The lowest BCUT2D eigenvalue weighted by Gasteiger charge is -2.36. The SMILES string of the molecule is COC1CN(Cc2ccc(CC(=O)O)cc2)CCC1C. The summed E-state index contributed by atoms with van der Waals surface area (Å²) >= 11 is 0. The number of carboxylic acid groups (broad SMARTS) is 1. The number of carboxylic acids is 1. The predicted molar refractivity (Wildman–Crippen MR) is 77.6 cm³/mol. The molecular formula is C16H23NO3. The van der Waals surface area contributed by atoms with Crippen molar-refractivity contribution in [2.24, 2.45) is 5.92 Å². The molecule has 110 valence electrons. The van der Waals surface area contributed by atoms with Crippen LogP contribution >= 0.6 is 0 Å². The maximum atomic E-state index is 10.6. The Bertz CT molecular complexity index is 444. The number of methoxy groups -OCH3 is 1. The molecular weight excluding hydrogens is 254 g/mol. The molecule has 1 N–H and O–H groups in total. The van der Waals surface area contributed by atoms with Gasteiger partial charge in [-0.15, -0.1) is 0 Å². The maximum absolute atomic E-state index is 10.6. The molecule has 0 spiro atoms.